The van der Waals surface area contributed by atoms with Gasteiger partial charge >= 0.3 is 0 Å². The lowest BCUT2D eigenvalue weighted by molar-refractivity contribution is -0.126. The second kappa shape index (κ2) is 11.8. The van der Waals surface area contributed by atoms with Crippen LogP contribution in [0.4, 0.5) is 5.82 Å². The summed E-state index contributed by atoms with van der Waals surface area (Å²) < 4.78 is 12.1. The van der Waals surface area contributed by atoms with E-state index >= 15 is 0 Å². The molecule has 2 aromatic heterocycles. The first-order valence-electron chi connectivity index (χ1n) is 13.9. The van der Waals surface area contributed by atoms with Gasteiger partial charge in [-0.15, -0.1) is 0 Å². The fraction of sp³-hybridized carbons (Fsp3) is 0.323. The van der Waals surface area contributed by atoms with Gasteiger partial charge < -0.3 is 19.7 Å². The first-order valence-corrected chi connectivity index (χ1v) is 13.9. The van der Waals surface area contributed by atoms with Crippen LogP contribution in [0.25, 0.3) is 11.0 Å². The maximum Gasteiger partial charge on any atom is 0.246 e. The Morgan fingerprint density at radius 1 is 1.05 bits per heavy atom. The maximum absolute atomic E-state index is 12.9. The number of benzene rings is 2. The molecule has 9 heteroatoms. The Labute approximate surface area is 233 Å². The molecule has 2 aromatic carbocycles. The number of likely N-dealkylation sites (tertiary alicyclic amines) is 1. The van der Waals surface area contributed by atoms with Crippen molar-refractivity contribution in [2.24, 2.45) is 0 Å². The van der Waals surface area contributed by atoms with Crippen LogP contribution in [0.15, 0.2) is 79.0 Å². The summed E-state index contributed by atoms with van der Waals surface area (Å²) in [6, 6.07) is 19.8. The minimum atomic E-state index is 0.0748. The van der Waals surface area contributed by atoms with Crippen LogP contribution in [0, 0.1) is 0 Å². The van der Waals surface area contributed by atoms with Crippen LogP contribution in [-0.4, -0.2) is 69.7 Å². The number of carbonyl (C=O) groups is 1. The van der Waals surface area contributed by atoms with Crippen LogP contribution in [0.2, 0.25) is 0 Å². The van der Waals surface area contributed by atoms with Gasteiger partial charge in [0.25, 0.3) is 0 Å². The van der Waals surface area contributed by atoms with Crippen molar-refractivity contribution in [1.29, 1.82) is 0 Å². The molecule has 206 valence electrons. The average Bonchev–Trinajstić information content (AvgIpc) is 3.58. The van der Waals surface area contributed by atoms with Gasteiger partial charge in [-0.2, -0.15) is 5.10 Å². The first-order chi connectivity index (χ1) is 19.6. The third kappa shape index (κ3) is 6.10. The van der Waals surface area contributed by atoms with Crippen molar-refractivity contribution < 1.29 is 14.3 Å². The second-order valence-electron chi connectivity index (χ2n) is 10.4. The van der Waals surface area contributed by atoms with Crippen molar-refractivity contribution in [3.63, 3.8) is 0 Å². The third-order valence-corrected chi connectivity index (χ3v) is 7.44. The molecule has 2 N–H and O–H groups in total. The molecule has 2 aliphatic rings. The van der Waals surface area contributed by atoms with E-state index in [1.165, 1.54) is 12.8 Å². The summed E-state index contributed by atoms with van der Waals surface area (Å²) in [5.74, 6) is 3.55. The van der Waals surface area contributed by atoms with E-state index in [0.717, 1.165) is 42.8 Å². The van der Waals surface area contributed by atoms with E-state index in [1.54, 1.807) is 12.3 Å². The molecule has 0 bridgehead atoms. The summed E-state index contributed by atoms with van der Waals surface area (Å²) in [5.41, 5.74) is 0.631. The minimum Gasteiger partial charge on any atom is -0.457 e. The van der Waals surface area contributed by atoms with E-state index in [0.29, 0.717) is 35.6 Å². The number of likely N-dealkylation sites (N-methyl/N-ethyl adjacent to an activating group) is 1. The first kappa shape index (κ1) is 25.9. The second-order valence-corrected chi connectivity index (χ2v) is 10.4. The largest absolute Gasteiger partial charge is 0.457 e. The molecule has 1 saturated heterocycles. The van der Waals surface area contributed by atoms with Gasteiger partial charge in [-0.3, -0.25) is 14.8 Å². The van der Waals surface area contributed by atoms with Crippen LogP contribution in [0.3, 0.4) is 0 Å². The van der Waals surface area contributed by atoms with E-state index in [9.17, 15) is 4.79 Å². The van der Waals surface area contributed by atoms with Crippen LogP contribution >= 0.6 is 0 Å². The quantitative estimate of drug-likeness (QED) is 0.240. The fourth-order valence-electron chi connectivity index (χ4n) is 5.10. The van der Waals surface area contributed by atoms with Crippen molar-refractivity contribution in [2.75, 3.05) is 32.0 Å². The molecule has 1 saturated carbocycles. The van der Waals surface area contributed by atoms with Crippen molar-refractivity contribution in [3.05, 3.63) is 79.0 Å². The number of aromatic nitrogens is 3. The topological polar surface area (TPSA) is 95.6 Å². The van der Waals surface area contributed by atoms with E-state index in [2.05, 4.69) is 32.4 Å². The zero-order chi connectivity index (χ0) is 27.3. The normalized spacial score (nSPS) is 17.1. The highest BCUT2D eigenvalue weighted by molar-refractivity contribution is 5.93. The summed E-state index contributed by atoms with van der Waals surface area (Å²) in [5, 5.41) is 11.7. The van der Waals surface area contributed by atoms with Gasteiger partial charge in [0.05, 0.1) is 0 Å². The van der Waals surface area contributed by atoms with E-state index in [-0.39, 0.29) is 11.9 Å². The number of ether oxygens (including phenoxy) is 2. The number of hydrogen-bond acceptors (Lipinski definition) is 7. The number of hydrogen-bond donors (Lipinski definition) is 2. The van der Waals surface area contributed by atoms with Gasteiger partial charge in [0.15, 0.2) is 11.5 Å². The molecule has 40 heavy (non-hydrogen) atoms. The average molecular weight is 539 g/mol. The van der Waals surface area contributed by atoms with Gasteiger partial charge in [-0.25, -0.2) is 4.98 Å². The number of nitrogens with one attached hydrogen (secondary N) is 2. The van der Waals surface area contributed by atoms with Gasteiger partial charge in [-0.1, -0.05) is 24.3 Å². The predicted octanol–water partition coefficient (Wildman–Crippen LogP) is 5.60. The molecule has 6 rings (SSSR count). The molecule has 2 fully saturated rings. The smallest absolute Gasteiger partial charge is 0.246 e. The lowest BCUT2D eigenvalue weighted by atomic mass is 10.2. The van der Waals surface area contributed by atoms with Crippen molar-refractivity contribution in [3.8, 4) is 23.0 Å². The van der Waals surface area contributed by atoms with E-state index in [1.807, 2.05) is 71.6 Å². The van der Waals surface area contributed by atoms with Gasteiger partial charge in [0, 0.05) is 50.1 Å². The molecule has 3 heterocycles. The van der Waals surface area contributed by atoms with Gasteiger partial charge in [0.2, 0.25) is 5.91 Å². The number of aromatic amines is 1. The van der Waals surface area contributed by atoms with Crippen LogP contribution in [-0.2, 0) is 4.79 Å². The SMILES string of the molecule is CN(C/C=C/C(=O)N1CCCC1CNc1n[nH]c2nccc(Oc3ccc(Oc4ccccc4)cc3)c12)C1CC1. The minimum absolute atomic E-state index is 0.0748. The van der Waals surface area contributed by atoms with E-state index < -0.39 is 0 Å². The lowest BCUT2D eigenvalue weighted by Crippen LogP contribution is -2.38. The molecule has 4 aromatic rings. The maximum atomic E-state index is 12.9. The van der Waals surface area contributed by atoms with Crippen LogP contribution in [0.5, 0.6) is 23.0 Å². The Hall–Kier alpha value is -4.37. The molecule has 1 atom stereocenters. The molecule has 1 amide bonds. The molecule has 0 radical (unpaired) electrons. The number of nitrogens with zero attached hydrogens (tertiary/aromatic N) is 4. The van der Waals surface area contributed by atoms with Crippen molar-refractivity contribution >= 4 is 22.8 Å². The Bertz CT molecular complexity index is 1470. The number of carbonyl (C=O) groups excluding carboxylic acids is 1. The number of fused-ring (bicyclic) bond motifs is 1. The monoisotopic (exact) mass is 538 g/mol. The highest BCUT2D eigenvalue weighted by Crippen LogP contribution is 2.34. The summed E-state index contributed by atoms with van der Waals surface area (Å²) >= 11 is 0. The summed E-state index contributed by atoms with van der Waals surface area (Å²) in [7, 11) is 2.12. The molecule has 1 aliphatic heterocycles. The van der Waals surface area contributed by atoms with E-state index in [4.69, 9.17) is 9.47 Å². The number of H-pyrrole nitrogens is 1. The molecule has 9 nitrogen and oxygen atoms in total. The van der Waals surface area contributed by atoms with Crippen LogP contribution in [0.1, 0.15) is 25.7 Å². The van der Waals surface area contributed by atoms with Crippen LogP contribution < -0.4 is 14.8 Å². The Kier molecular flexibility index (Phi) is 7.63. The molecule has 1 unspecified atom stereocenters. The zero-order valence-corrected chi connectivity index (χ0v) is 22.6. The Morgan fingerprint density at radius 2 is 1.80 bits per heavy atom. The molecular formula is C31H34N6O3. The number of rotatable bonds is 11. The Morgan fingerprint density at radius 3 is 2.58 bits per heavy atom. The number of anilines is 1. The Balaban J connectivity index is 1.10. The number of pyridine rings is 1. The third-order valence-electron chi connectivity index (χ3n) is 7.44. The van der Waals surface area contributed by atoms with Crippen molar-refractivity contribution in [1.82, 2.24) is 25.0 Å². The summed E-state index contributed by atoms with van der Waals surface area (Å²) in [4.78, 5) is 21.6. The van der Waals surface area contributed by atoms with Crippen molar-refractivity contribution in [2.45, 2.75) is 37.8 Å². The highest BCUT2D eigenvalue weighted by atomic mass is 16.5. The van der Waals surface area contributed by atoms with Gasteiger partial charge in [0.1, 0.15) is 28.4 Å². The fourth-order valence-corrected chi connectivity index (χ4v) is 5.10. The zero-order valence-electron chi connectivity index (χ0n) is 22.6. The van der Waals surface area contributed by atoms with Gasteiger partial charge in [-0.05, 0) is 69.1 Å². The number of amides is 1. The summed E-state index contributed by atoms with van der Waals surface area (Å²) in [6.07, 6.45) is 9.88. The molecular weight excluding hydrogens is 504 g/mol. The highest BCUT2D eigenvalue weighted by Gasteiger charge is 2.28. The molecule has 0 spiro atoms. The lowest BCUT2D eigenvalue weighted by Gasteiger charge is -2.24. The number of para-hydroxylation sites is 1. The predicted molar refractivity (Wildman–Crippen MR) is 155 cm³/mol. The summed E-state index contributed by atoms with van der Waals surface area (Å²) in [6.45, 7) is 2.18. The standard InChI is InChI=1S/C31H34N6O3/c1-36(22-11-12-22)19-6-10-28(38)37-20-5-7-23(37)21-33-31-29-27(17-18-32-30(29)34-35-31)40-26-15-13-25(14-16-26)39-24-8-3-2-4-9-24/h2-4,6,8-10,13-18,22-23H,5,7,11-12,19-21H2,1H3,(H2,32,33,34,35)/b10-6+. The molecule has 1 aliphatic carbocycles.